The summed E-state index contributed by atoms with van der Waals surface area (Å²) in [6.45, 7) is 4.90. The number of nitrogens with zero attached hydrogens (tertiary/aromatic N) is 4. The summed E-state index contributed by atoms with van der Waals surface area (Å²) in [5, 5.41) is 4.29. The Bertz CT molecular complexity index is 1540. The monoisotopic (exact) mass is 562 g/mol. The summed E-state index contributed by atoms with van der Waals surface area (Å²) >= 11 is 0. The molecule has 1 saturated heterocycles. The fourth-order valence-electron chi connectivity index (χ4n) is 5.85. The standard InChI is InChI=1S/C27H30FN5O2.C4H9NO/c1-31-22-10-17-8-9-32(15-19(29)13-28)27(34)20(17)12-21(22)30-26(31)23-11-18-4-3-5-24(35-2)25(18)33(23)14-16-6-7-16;1-3-6-4-2-5-1/h3-5,10-12,16,19H,6-9,13-15,29H2,1-2H3;5H,1-4H2. The number of carbonyl (C=O) groups excluding carboxylic acids is 1. The molecule has 0 spiro atoms. The van der Waals surface area contributed by atoms with Gasteiger partial charge in [-0.25, -0.2) is 9.37 Å². The van der Waals surface area contributed by atoms with Crippen LogP contribution in [0.3, 0.4) is 0 Å². The number of methoxy groups -OCH3 is 1. The molecule has 1 amide bonds. The van der Waals surface area contributed by atoms with Crippen molar-refractivity contribution in [3.05, 3.63) is 47.5 Å². The highest BCUT2D eigenvalue weighted by Crippen LogP contribution is 2.39. The van der Waals surface area contributed by atoms with Crippen LogP contribution in [0.4, 0.5) is 4.39 Å². The quantitative estimate of drug-likeness (QED) is 0.358. The second-order valence-electron chi connectivity index (χ2n) is 11.3. The first kappa shape index (κ1) is 27.7. The van der Waals surface area contributed by atoms with Gasteiger partial charge in [0.15, 0.2) is 5.82 Å². The van der Waals surface area contributed by atoms with E-state index < -0.39 is 12.7 Å². The van der Waals surface area contributed by atoms with Gasteiger partial charge in [0.1, 0.15) is 12.4 Å². The first-order valence-electron chi connectivity index (χ1n) is 14.5. The van der Waals surface area contributed by atoms with E-state index in [1.165, 1.54) is 12.8 Å². The number of alkyl halides is 1. The number of hydrogen-bond acceptors (Lipinski definition) is 6. The second-order valence-corrected chi connectivity index (χ2v) is 11.3. The van der Waals surface area contributed by atoms with Gasteiger partial charge in [-0.1, -0.05) is 12.1 Å². The van der Waals surface area contributed by atoms with Crippen LogP contribution in [-0.2, 0) is 24.8 Å². The Morgan fingerprint density at radius 3 is 2.68 bits per heavy atom. The normalized spacial score (nSPS) is 17.9. The molecule has 0 radical (unpaired) electrons. The average molecular weight is 563 g/mol. The van der Waals surface area contributed by atoms with Gasteiger partial charge >= 0.3 is 0 Å². The number of aryl methyl sites for hydroxylation is 1. The summed E-state index contributed by atoms with van der Waals surface area (Å²) in [6, 6.07) is 11.6. The maximum Gasteiger partial charge on any atom is 0.254 e. The number of aromatic nitrogens is 3. The number of fused-ring (bicyclic) bond motifs is 3. The zero-order valence-electron chi connectivity index (χ0n) is 23.9. The van der Waals surface area contributed by atoms with Gasteiger partial charge in [0.05, 0.1) is 48.6 Å². The number of rotatable bonds is 7. The number of nitrogens with two attached hydrogens (primary N) is 1. The number of ether oxygens (including phenoxy) is 2. The minimum absolute atomic E-state index is 0.100. The summed E-state index contributed by atoms with van der Waals surface area (Å²) in [6.07, 6.45) is 3.21. The molecule has 4 heterocycles. The Morgan fingerprint density at radius 2 is 2.02 bits per heavy atom. The van der Waals surface area contributed by atoms with Gasteiger partial charge in [0.25, 0.3) is 5.91 Å². The van der Waals surface area contributed by atoms with Crippen molar-refractivity contribution in [1.82, 2.24) is 24.3 Å². The molecule has 218 valence electrons. The summed E-state index contributed by atoms with van der Waals surface area (Å²) in [7, 11) is 3.74. The minimum atomic E-state index is -0.656. The van der Waals surface area contributed by atoms with Gasteiger partial charge in [-0.05, 0) is 55.0 Å². The van der Waals surface area contributed by atoms with Crippen molar-refractivity contribution in [2.24, 2.45) is 18.7 Å². The van der Waals surface area contributed by atoms with E-state index in [9.17, 15) is 9.18 Å². The predicted octanol–water partition coefficient (Wildman–Crippen LogP) is 3.51. The van der Waals surface area contributed by atoms with Crippen LogP contribution in [0.15, 0.2) is 36.4 Å². The smallest absolute Gasteiger partial charge is 0.254 e. The number of carbonyl (C=O) groups is 1. The van der Waals surface area contributed by atoms with Crippen LogP contribution in [0, 0.1) is 5.92 Å². The van der Waals surface area contributed by atoms with Gasteiger partial charge < -0.3 is 34.6 Å². The number of benzene rings is 2. The molecule has 2 aromatic heterocycles. The number of amides is 1. The molecule has 2 fully saturated rings. The number of morpholine rings is 1. The van der Waals surface area contributed by atoms with E-state index in [0.29, 0.717) is 18.0 Å². The highest BCUT2D eigenvalue weighted by atomic mass is 19.1. The Hall–Kier alpha value is -3.47. The third-order valence-corrected chi connectivity index (χ3v) is 8.24. The van der Waals surface area contributed by atoms with E-state index >= 15 is 0 Å². The number of halogens is 1. The molecule has 1 aliphatic carbocycles. The Kier molecular flexibility index (Phi) is 7.96. The Balaban J connectivity index is 0.000000449. The largest absolute Gasteiger partial charge is 0.495 e. The van der Waals surface area contributed by atoms with Gasteiger partial charge in [0.2, 0.25) is 0 Å². The van der Waals surface area contributed by atoms with E-state index in [1.807, 2.05) is 25.2 Å². The van der Waals surface area contributed by atoms with Crippen molar-refractivity contribution >= 4 is 27.8 Å². The van der Waals surface area contributed by atoms with Crippen molar-refractivity contribution in [3.63, 3.8) is 0 Å². The summed E-state index contributed by atoms with van der Waals surface area (Å²) < 4.78 is 28.1. The molecule has 0 bridgehead atoms. The van der Waals surface area contributed by atoms with Gasteiger partial charge in [-0.2, -0.15) is 0 Å². The third-order valence-electron chi connectivity index (χ3n) is 8.24. The van der Waals surface area contributed by atoms with Crippen molar-refractivity contribution in [1.29, 1.82) is 0 Å². The molecular weight excluding hydrogens is 523 g/mol. The topological polar surface area (TPSA) is 99.6 Å². The zero-order valence-corrected chi connectivity index (χ0v) is 23.9. The van der Waals surface area contributed by atoms with Gasteiger partial charge in [0, 0.05) is 50.7 Å². The van der Waals surface area contributed by atoms with E-state index in [0.717, 1.165) is 84.0 Å². The average Bonchev–Trinajstić information content (AvgIpc) is 3.68. The molecule has 2 aromatic carbocycles. The van der Waals surface area contributed by atoms with Crippen LogP contribution < -0.4 is 15.8 Å². The molecule has 3 N–H and O–H groups in total. The lowest BCUT2D eigenvalue weighted by atomic mass is 9.97. The molecule has 9 nitrogen and oxygen atoms in total. The second kappa shape index (κ2) is 11.8. The molecule has 2 aliphatic heterocycles. The summed E-state index contributed by atoms with van der Waals surface area (Å²) in [5.41, 5.74) is 11.3. The molecule has 1 saturated carbocycles. The molecule has 1 unspecified atom stereocenters. The third kappa shape index (κ3) is 5.56. The van der Waals surface area contributed by atoms with Crippen molar-refractivity contribution in [3.8, 4) is 17.3 Å². The molecule has 10 heteroatoms. The first-order valence-corrected chi connectivity index (χ1v) is 14.5. The summed E-state index contributed by atoms with van der Waals surface area (Å²) in [5.74, 6) is 2.30. The highest BCUT2D eigenvalue weighted by Gasteiger charge is 2.29. The molecule has 1 atom stereocenters. The first-order chi connectivity index (χ1) is 20.0. The Morgan fingerprint density at radius 1 is 1.22 bits per heavy atom. The maximum atomic E-state index is 13.1. The van der Waals surface area contributed by atoms with E-state index in [-0.39, 0.29) is 12.5 Å². The van der Waals surface area contributed by atoms with Gasteiger partial charge in [-0.3, -0.25) is 4.79 Å². The van der Waals surface area contributed by atoms with Crippen LogP contribution in [0.5, 0.6) is 5.75 Å². The van der Waals surface area contributed by atoms with Crippen molar-refractivity contribution in [2.75, 3.05) is 53.2 Å². The Labute approximate surface area is 239 Å². The number of hydrogen-bond donors (Lipinski definition) is 2. The molecule has 4 aromatic rings. The number of nitrogens with one attached hydrogen (secondary N) is 1. The van der Waals surface area contributed by atoms with Crippen LogP contribution in [0.2, 0.25) is 0 Å². The van der Waals surface area contributed by atoms with Crippen molar-refractivity contribution < 1.29 is 18.7 Å². The van der Waals surface area contributed by atoms with Crippen LogP contribution in [0.25, 0.3) is 33.5 Å². The maximum absolute atomic E-state index is 13.1. The molecule has 7 rings (SSSR count). The fraction of sp³-hybridized carbons (Fsp3) is 0.484. The van der Waals surface area contributed by atoms with Crippen LogP contribution in [-0.4, -0.2) is 84.1 Å². The molecule has 41 heavy (non-hydrogen) atoms. The fourth-order valence-corrected chi connectivity index (χ4v) is 5.85. The van der Waals surface area contributed by atoms with E-state index in [1.54, 1.807) is 12.0 Å². The van der Waals surface area contributed by atoms with Crippen LogP contribution in [0.1, 0.15) is 28.8 Å². The van der Waals surface area contributed by atoms with Crippen LogP contribution >= 0.6 is 0 Å². The lowest BCUT2D eigenvalue weighted by molar-refractivity contribution is 0.0725. The zero-order chi connectivity index (χ0) is 28.5. The minimum Gasteiger partial charge on any atom is -0.495 e. The van der Waals surface area contributed by atoms with Gasteiger partial charge in [-0.15, -0.1) is 0 Å². The summed E-state index contributed by atoms with van der Waals surface area (Å²) in [4.78, 5) is 19.8. The molecule has 3 aliphatic rings. The molecular formula is C31H39FN6O3. The SMILES string of the molecule is C1COCCN1.COc1cccc2cc(-c3nc4cc5c(cc4n3C)CCN(CC(N)CF)C5=O)n(CC3CC3)c12. The lowest BCUT2D eigenvalue weighted by Crippen LogP contribution is -2.45. The van der Waals surface area contributed by atoms with Crippen molar-refractivity contribution in [2.45, 2.75) is 31.8 Å². The highest BCUT2D eigenvalue weighted by molar-refractivity contribution is 6.01. The number of imidazole rings is 1. The predicted molar refractivity (Wildman–Crippen MR) is 158 cm³/mol. The van der Waals surface area contributed by atoms with E-state index in [4.69, 9.17) is 20.2 Å². The number of para-hydroxylation sites is 1. The van der Waals surface area contributed by atoms with E-state index in [2.05, 4.69) is 32.7 Å². The lowest BCUT2D eigenvalue weighted by Gasteiger charge is -2.30.